The molecular formula is C16H15N3OS. The third-order valence-electron chi connectivity index (χ3n) is 3.24. The molecule has 3 aromatic rings. The van der Waals surface area contributed by atoms with Gasteiger partial charge in [0, 0.05) is 18.6 Å². The van der Waals surface area contributed by atoms with E-state index in [4.69, 9.17) is 0 Å². The summed E-state index contributed by atoms with van der Waals surface area (Å²) in [5.41, 5.74) is 1.87. The second kappa shape index (κ2) is 6.37. The summed E-state index contributed by atoms with van der Waals surface area (Å²) in [5, 5.41) is 7.00. The molecule has 1 amide bonds. The molecule has 0 fully saturated rings. The molecule has 0 aliphatic heterocycles. The molecule has 0 aromatic carbocycles. The van der Waals surface area contributed by atoms with E-state index in [2.05, 4.69) is 26.3 Å². The lowest BCUT2D eigenvalue weighted by Gasteiger charge is -2.17. The highest BCUT2D eigenvalue weighted by molar-refractivity contribution is 7.08. The molecule has 1 atom stereocenters. The third-order valence-corrected chi connectivity index (χ3v) is 3.94. The number of anilines is 1. The van der Waals surface area contributed by atoms with Gasteiger partial charge in [-0.1, -0.05) is 0 Å². The van der Waals surface area contributed by atoms with Gasteiger partial charge in [0.15, 0.2) is 0 Å². The maximum atomic E-state index is 12.3. The van der Waals surface area contributed by atoms with E-state index >= 15 is 0 Å². The Bertz CT molecular complexity index is 643. The van der Waals surface area contributed by atoms with Crippen LogP contribution >= 0.6 is 11.3 Å². The first-order chi connectivity index (χ1) is 10.3. The van der Waals surface area contributed by atoms with Crippen LogP contribution in [-0.4, -0.2) is 15.5 Å². The van der Waals surface area contributed by atoms with Gasteiger partial charge in [0.25, 0.3) is 0 Å². The molecule has 3 rings (SSSR count). The molecule has 0 aliphatic carbocycles. The predicted octanol–water partition coefficient (Wildman–Crippen LogP) is 3.56. The van der Waals surface area contributed by atoms with Crippen LogP contribution < -0.4 is 5.32 Å². The SMILES string of the molecule is O=C(CC(c1ccsc1)n1cccc1)Nc1cccnc1. The summed E-state index contributed by atoms with van der Waals surface area (Å²) < 4.78 is 2.06. The highest BCUT2D eigenvalue weighted by atomic mass is 32.1. The Morgan fingerprint density at radius 3 is 2.81 bits per heavy atom. The minimum Gasteiger partial charge on any atom is -0.346 e. The fraction of sp³-hybridized carbons (Fsp3) is 0.125. The van der Waals surface area contributed by atoms with Crippen molar-refractivity contribution < 1.29 is 4.79 Å². The van der Waals surface area contributed by atoms with Crippen molar-refractivity contribution in [1.82, 2.24) is 9.55 Å². The zero-order valence-corrected chi connectivity index (χ0v) is 12.2. The quantitative estimate of drug-likeness (QED) is 0.782. The van der Waals surface area contributed by atoms with Gasteiger partial charge in [-0.25, -0.2) is 0 Å². The summed E-state index contributed by atoms with van der Waals surface area (Å²) in [6.45, 7) is 0. The normalized spacial score (nSPS) is 12.0. The van der Waals surface area contributed by atoms with Gasteiger partial charge in [-0.05, 0) is 46.7 Å². The molecule has 0 saturated carbocycles. The molecule has 0 aliphatic rings. The molecule has 21 heavy (non-hydrogen) atoms. The Kier molecular flexibility index (Phi) is 4.12. The highest BCUT2D eigenvalue weighted by Gasteiger charge is 2.17. The lowest BCUT2D eigenvalue weighted by atomic mass is 10.1. The van der Waals surface area contributed by atoms with E-state index < -0.39 is 0 Å². The van der Waals surface area contributed by atoms with Crippen LogP contribution in [0.3, 0.4) is 0 Å². The lowest BCUT2D eigenvalue weighted by molar-refractivity contribution is -0.116. The van der Waals surface area contributed by atoms with Crippen LogP contribution in [0.1, 0.15) is 18.0 Å². The fourth-order valence-corrected chi connectivity index (χ4v) is 2.95. The predicted molar refractivity (Wildman–Crippen MR) is 84.4 cm³/mol. The number of thiophene rings is 1. The smallest absolute Gasteiger partial charge is 0.226 e. The second-order valence-electron chi connectivity index (χ2n) is 4.70. The van der Waals surface area contributed by atoms with E-state index in [0.29, 0.717) is 6.42 Å². The molecule has 0 spiro atoms. The Morgan fingerprint density at radius 1 is 1.29 bits per heavy atom. The van der Waals surface area contributed by atoms with Gasteiger partial charge < -0.3 is 9.88 Å². The molecule has 0 saturated heterocycles. The number of nitrogens with zero attached hydrogens (tertiary/aromatic N) is 2. The number of amides is 1. The van der Waals surface area contributed by atoms with Crippen molar-refractivity contribution in [1.29, 1.82) is 0 Å². The minimum absolute atomic E-state index is 0.0166. The third kappa shape index (κ3) is 3.38. The van der Waals surface area contributed by atoms with Crippen molar-refractivity contribution in [2.45, 2.75) is 12.5 Å². The largest absolute Gasteiger partial charge is 0.346 e. The summed E-state index contributed by atoms with van der Waals surface area (Å²) >= 11 is 1.64. The van der Waals surface area contributed by atoms with E-state index in [9.17, 15) is 4.79 Å². The van der Waals surface area contributed by atoms with Crippen LogP contribution in [0.25, 0.3) is 0 Å². The molecule has 5 heteroatoms. The van der Waals surface area contributed by atoms with Gasteiger partial charge in [-0.3, -0.25) is 9.78 Å². The summed E-state index contributed by atoms with van der Waals surface area (Å²) in [7, 11) is 0. The van der Waals surface area contributed by atoms with Crippen LogP contribution in [0.15, 0.2) is 65.9 Å². The zero-order valence-electron chi connectivity index (χ0n) is 11.3. The van der Waals surface area contributed by atoms with Crippen molar-refractivity contribution in [3.05, 3.63) is 71.4 Å². The molecule has 106 valence electrons. The number of rotatable bonds is 5. The monoisotopic (exact) mass is 297 g/mol. The van der Waals surface area contributed by atoms with Crippen molar-refractivity contribution in [2.24, 2.45) is 0 Å². The van der Waals surface area contributed by atoms with Crippen LogP contribution in [0.5, 0.6) is 0 Å². The van der Waals surface area contributed by atoms with Crippen LogP contribution in [-0.2, 0) is 4.79 Å². The molecule has 1 N–H and O–H groups in total. The van der Waals surface area contributed by atoms with Gasteiger partial charge in [0.05, 0.1) is 24.3 Å². The van der Waals surface area contributed by atoms with Gasteiger partial charge in [0.1, 0.15) is 0 Å². The van der Waals surface area contributed by atoms with Crippen molar-refractivity contribution in [2.75, 3.05) is 5.32 Å². The number of carbonyl (C=O) groups is 1. The van der Waals surface area contributed by atoms with E-state index in [1.54, 1.807) is 29.8 Å². The first-order valence-electron chi connectivity index (χ1n) is 6.67. The Labute approximate surface area is 127 Å². The molecule has 1 unspecified atom stereocenters. The Balaban J connectivity index is 1.75. The van der Waals surface area contributed by atoms with E-state index in [1.165, 1.54) is 0 Å². The Morgan fingerprint density at radius 2 is 2.14 bits per heavy atom. The fourth-order valence-electron chi connectivity index (χ4n) is 2.24. The number of nitrogens with one attached hydrogen (secondary N) is 1. The lowest BCUT2D eigenvalue weighted by Crippen LogP contribution is -2.19. The number of carbonyl (C=O) groups excluding carboxylic acids is 1. The highest BCUT2D eigenvalue weighted by Crippen LogP contribution is 2.25. The number of hydrogen-bond donors (Lipinski definition) is 1. The Hall–Kier alpha value is -2.40. The first kappa shape index (κ1) is 13.6. The van der Waals surface area contributed by atoms with E-state index in [1.807, 2.05) is 36.0 Å². The van der Waals surface area contributed by atoms with E-state index in [-0.39, 0.29) is 11.9 Å². The molecule has 0 radical (unpaired) electrons. The first-order valence-corrected chi connectivity index (χ1v) is 7.61. The van der Waals surface area contributed by atoms with Gasteiger partial charge in [-0.2, -0.15) is 11.3 Å². The number of aromatic nitrogens is 2. The summed E-state index contributed by atoms with van der Waals surface area (Å²) in [6, 6.07) is 9.66. The van der Waals surface area contributed by atoms with E-state index in [0.717, 1.165) is 11.3 Å². The number of pyridine rings is 1. The molecule has 3 heterocycles. The van der Waals surface area contributed by atoms with Crippen molar-refractivity contribution in [3.8, 4) is 0 Å². The van der Waals surface area contributed by atoms with Crippen LogP contribution in [0, 0.1) is 0 Å². The van der Waals surface area contributed by atoms with Crippen LogP contribution in [0.4, 0.5) is 5.69 Å². The zero-order chi connectivity index (χ0) is 14.5. The van der Waals surface area contributed by atoms with Gasteiger partial charge in [-0.15, -0.1) is 0 Å². The molecule has 0 bridgehead atoms. The average Bonchev–Trinajstić information content (AvgIpc) is 3.19. The van der Waals surface area contributed by atoms with Crippen LogP contribution in [0.2, 0.25) is 0 Å². The summed E-state index contributed by atoms with van der Waals surface area (Å²) in [4.78, 5) is 16.3. The summed E-state index contributed by atoms with van der Waals surface area (Å²) in [5.74, 6) is -0.0205. The summed E-state index contributed by atoms with van der Waals surface area (Å²) in [6.07, 6.45) is 7.69. The standard InChI is InChI=1S/C16H15N3OS/c20-16(18-14-4-3-6-17-11-14)10-15(13-5-9-21-12-13)19-7-1-2-8-19/h1-9,11-12,15H,10H2,(H,18,20). The maximum absolute atomic E-state index is 12.3. The second-order valence-corrected chi connectivity index (χ2v) is 5.48. The molecule has 3 aromatic heterocycles. The maximum Gasteiger partial charge on any atom is 0.226 e. The average molecular weight is 297 g/mol. The molecular weight excluding hydrogens is 282 g/mol. The number of hydrogen-bond acceptors (Lipinski definition) is 3. The van der Waals surface area contributed by atoms with Gasteiger partial charge in [0.2, 0.25) is 5.91 Å². The van der Waals surface area contributed by atoms with Crippen molar-refractivity contribution in [3.63, 3.8) is 0 Å². The topological polar surface area (TPSA) is 46.9 Å². The molecule has 4 nitrogen and oxygen atoms in total. The van der Waals surface area contributed by atoms with Crippen molar-refractivity contribution >= 4 is 22.9 Å². The minimum atomic E-state index is -0.0205. The van der Waals surface area contributed by atoms with Gasteiger partial charge >= 0.3 is 0 Å².